The zero-order valence-corrected chi connectivity index (χ0v) is 41.4. The summed E-state index contributed by atoms with van der Waals surface area (Å²) >= 11 is 0. The summed E-state index contributed by atoms with van der Waals surface area (Å²) in [6, 6.07) is 0. The van der Waals surface area contributed by atoms with E-state index in [2.05, 4.69) is 80.5 Å². The number of esters is 1. The van der Waals surface area contributed by atoms with E-state index in [4.69, 9.17) is 14.2 Å². The van der Waals surface area contributed by atoms with Crippen LogP contribution in [0.5, 0.6) is 0 Å². The molecule has 1 aliphatic heterocycles. The number of aliphatic hydroxyl groups excluding tert-OH is 5. The van der Waals surface area contributed by atoms with Gasteiger partial charge in [-0.15, -0.1) is 0 Å². The highest BCUT2D eigenvalue weighted by molar-refractivity contribution is 5.69. The Morgan fingerprint density at radius 3 is 2.00 bits per heavy atom. The van der Waals surface area contributed by atoms with Crippen molar-refractivity contribution in [3.05, 3.63) is 23.8 Å². The number of hydrogen-bond acceptors (Lipinski definition) is 9. The number of allylic oxidation sites excluding steroid dienone is 4. The van der Waals surface area contributed by atoms with Gasteiger partial charge in [0, 0.05) is 11.8 Å². The van der Waals surface area contributed by atoms with Crippen LogP contribution in [-0.4, -0.2) is 86.6 Å². The first-order valence-electron chi connectivity index (χ1n) is 25.9. The van der Waals surface area contributed by atoms with E-state index in [-0.39, 0.29) is 45.6 Å². The fraction of sp³-hybridized carbons (Fsp3) is 0.907. The predicted octanol–water partition coefficient (Wildman–Crippen LogP) is 10.9. The lowest BCUT2D eigenvalue weighted by Gasteiger charge is -2.70. The lowest BCUT2D eigenvalue weighted by molar-refractivity contribution is -0.336. The minimum atomic E-state index is -1.52. The van der Waals surface area contributed by atoms with Crippen molar-refractivity contribution in [3.8, 4) is 0 Å². The van der Waals surface area contributed by atoms with Crippen molar-refractivity contribution >= 4 is 5.97 Å². The third-order valence-corrected chi connectivity index (χ3v) is 18.5. The van der Waals surface area contributed by atoms with Crippen LogP contribution in [-0.2, 0) is 19.0 Å². The van der Waals surface area contributed by atoms with Gasteiger partial charge in [-0.2, -0.15) is 0 Å². The van der Waals surface area contributed by atoms with E-state index < -0.39 is 49.0 Å². The Kier molecular flexibility index (Phi) is 18.9. The Hall–Kier alpha value is -1.33. The maximum atomic E-state index is 13.3. The summed E-state index contributed by atoms with van der Waals surface area (Å²) in [5.74, 6) is 0.514. The van der Waals surface area contributed by atoms with Crippen LogP contribution in [0.3, 0.4) is 0 Å². The van der Waals surface area contributed by atoms with Gasteiger partial charge in [0.05, 0.1) is 18.3 Å². The molecule has 0 spiro atoms. The Morgan fingerprint density at radius 2 is 1.37 bits per heavy atom. The molecule has 0 aromatic rings. The van der Waals surface area contributed by atoms with Crippen molar-refractivity contribution < 1.29 is 44.5 Å². The topological polar surface area (TPSA) is 146 Å². The quantitative estimate of drug-likeness (QED) is 0.0384. The van der Waals surface area contributed by atoms with E-state index in [1.807, 2.05) is 0 Å². The fourth-order valence-electron chi connectivity index (χ4n) is 14.6. The third-order valence-electron chi connectivity index (χ3n) is 18.5. The van der Waals surface area contributed by atoms with Crippen LogP contribution in [0.25, 0.3) is 0 Å². The van der Waals surface area contributed by atoms with Gasteiger partial charge in [0.25, 0.3) is 0 Å². The number of carbonyl (C=O) groups excluding carboxylic acids is 1. The smallest absolute Gasteiger partial charge is 0.306 e. The largest absolute Gasteiger partial charge is 0.462 e. The van der Waals surface area contributed by atoms with E-state index in [1.165, 1.54) is 69.8 Å². The minimum absolute atomic E-state index is 0.0184. The molecule has 0 aromatic carbocycles. The molecular weight excluding hydrogens is 793 g/mol. The van der Waals surface area contributed by atoms with Gasteiger partial charge in [0.1, 0.15) is 30.5 Å². The van der Waals surface area contributed by atoms with Crippen LogP contribution in [0.4, 0.5) is 0 Å². The van der Waals surface area contributed by atoms with E-state index in [0.29, 0.717) is 31.1 Å². The molecule has 4 aliphatic carbocycles. The molecule has 0 bridgehead atoms. The zero-order chi connectivity index (χ0) is 46.2. The molecular formula is C54H94O9. The molecule has 63 heavy (non-hydrogen) atoms. The highest BCUT2D eigenvalue weighted by Crippen LogP contribution is 2.76. The van der Waals surface area contributed by atoms with Crippen LogP contribution in [0.2, 0.25) is 0 Å². The van der Waals surface area contributed by atoms with Gasteiger partial charge in [-0.1, -0.05) is 117 Å². The van der Waals surface area contributed by atoms with Crippen molar-refractivity contribution in [3.63, 3.8) is 0 Å². The van der Waals surface area contributed by atoms with E-state index in [0.717, 1.165) is 64.2 Å². The van der Waals surface area contributed by atoms with Gasteiger partial charge >= 0.3 is 5.97 Å². The van der Waals surface area contributed by atoms with Crippen LogP contribution < -0.4 is 0 Å². The fourth-order valence-corrected chi connectivity index (χ4v) is 14.6. The third kappa shape index (κ3) is 11.5. The molecule has 0 radical (unpaired) electrons. The summed E-state index contributed by atoms with van der Waals surface area (Å²) in [7, 11) is 0. The molecule has 5 fully saturated rings. The van der Waals surface area contributed by atoms with Gasteiger partial charge in [0.15, 0.2) is 6.29 Å². The van der Waals surface area contributed by atoms with Crippen molar-refractivity contribution in [1.82, 2.24) is 0 Å². The average Bonchev–Trinajstić information content (AvgIpc) is 3.62. The second-order valence-electron chi connectivity index (χ2n) is 23.1. The van der Waals surface area contributed by atoms with Crippen LogP contribution in [0, 0.1) is 45.3 Å². The normalized spacial score (nSPS) is 39.6. The molecule has 5 aliphatic rings. The Bertz CT molecular complexity index is 1490. The molecule has 4 saturated carbocycles. The summed E-state index contributed by atoms with van der Waals surface area (Å²) in [4.78, 5) is 13.3. The first-order valence-corrected chi connectivity index (χ1v) is 25.9. The molecule has 0 aromatic heterocycles. The Morgan fingerprint density at radius 1 is 0.746 bits per heavy atom. The monoisotopic (exact) mass is 887 g/mol. The van der Waals surface area contributed by atoms with Gasteiger partial charge in [-0.3, -0.25) is 4.79 Å². The summed E-state index contributed by atoms with van der Waals surface area (Å²) < 4.78 is 19.2. The first-order chi connectivity index (χ1) is 29.8. The SMILES string of the molecule is CCCCCCCC/C=C\CCCCCCCC(=O)O[C@H]1CC[C@@]2(C)[C@@H](CC[C@]3(C)[C@H]2C[C@@H](O)[C@H]2[C@@H]([C@](C)(CCC=C(C)C)O[C@@H]4O[C@H](CO)[C@@H](O)[C@H](O)[C@H]4O)CC[C@]23C)C1(C)C. The predicted molar refractivity (Wildman–Crippen MR) is 252 cm³/mol. The number of hydrogen-bond donors (Lipinski definition) is 5. The van der Waals surface area contributed by atoms with Crippen molar-refractivity contribution in [2.75, 3.05) is 6.61 Å². The molecule has 364 valence electrons. The molecule has 1 saturated heterocycles. The van der Waals surface area contributed by atoms with Crippen molar-refractivity contribution in [1.29, 1.82) is 0 Å². The van der Waals surface area contributed by atoms with Gasteiger partial charge in [-0.25, -0.2) is 0 Å². The standard InChI is InChI=1S/C54H94O9/c1-10-11-12-13-14-15-16-17-18-19-20-21-22-23-24-27-44(57)62-43-30-32-51(6)41(50(43,4)5)29-34-52(7)42(51)35-39(56)45-38(28-33-53(45,52)8)54(9,31-25-26-37(2)3)63-49-48(60)47(59)46(58)40(36-55)61-49/h17-18,26,38-43,45-49,55-56,58-60H,10-16,19-25,27-36H2,1-9H3/b18-17-/t38-,39+,40+,41-,42-,43-,45+,46+,47-,48+,49-,51-,52+,53+,54-/m0/s1. The lowest BCUT2D eigenvalue weighted by atomic mass is 9.35. The summed E-state index contributed by atoms with van der Waals surface area (Å²) in [5.41, 5.74) is -0.0515. The first kappa shape index (κ1) is 52.6. The van der Waals surface area contributed by atoms with Gasteiger partial charge < -0.3 is 39.7 Å². The number of rotatable bonds is 23. The number of unbranched alkanes of at least 4 members (excludes halogenated alkanes) is 11. The second-order valence-corrected chi connectivity index (χ2v) is 23.1. The van der Waals surface area contributed by atoms with Gasteiger partial charge in [-0.05, 0) is 151 Å². The van der Waals surface area contributed by atoms with Gasteiger partial charge in [0.2, 0.25) is 0 Å². The Balaban J connectivity index is 1.18. The molecule has 9 heteroatoms. The molecule has 5 rings (SSSR count). The molecule has 9 nitrogen and oxygen atoms in total. The summed E-state index contributed by atoms with van der Waals surface area (Å²) in [6.45, 7) is 20.1. The van der Waals surface area contributed by atoms with E-state index >= 15 is 0 Å². The maximum absolute atomic E-state index is 13.3. The number of aliphatic hydroxyl groups is 5. The number of ether oxygens (including phenoxy) is 3. The summed E-state index contributed by atoms with van der Waals surface area (Å²) in [6.07, 6.45) is 23.8. The molecule has 15 atom stereocenters. The molecule has 1 heterocycles. The zero-order valence-electron chi connectivity index (χ0n) is 41.4. The minimum Gasteiger partial charge on any atom is -0.462 e. The number of fused-ring (bicyclic) bond motifs is 5. The maximum Gasteiger partial charge on any atom is 0.306 e. The highest BCUT2D eigenvalue weighted by Gasteiger charge is 2.72. The molecule has 0 unspecified atom stereocenters. The van der Waals surface area contributed by atoms with E-state index in [1.54, 1.807) is 0 Å². The van der Waals surface area contributed by atoms with Crippen molar-refractivity contribution in [2.45, 2.75) is 259 Å². The molecule has 5 N–H and O–H groups in total. The average molecular weight is 887 g/mol. The second kappa shape index (κ2) is 22.6. The van der Waals surface area contributed by atoms with Crippen molar-refractivity contribution in [2.24, 2.45) is 45.3 Å². The van der Waals surface area contributed by atoms with Crippen LogP contribution in [0.15, 0.2) is 23.8 Å². The van der Waals surface area contributed by atoms with Crippen LogP contribution >= 0.6 is 0 Å². The summed E-state index contributed by atoms with van der Waals surface area (Å²) in [5, 5.41) is 54.9. The van der Waals surface area contributed by atoms with E-state index in [9.17, 15) is 30.3 Å². The number of carbonyl (C=O) groups is 1. The molecule has 0 amide bonds. The lowest BCUT2D eigenvalue weighted by Crippen LogP contribution is -2.67. The highest BCUT2D eigenvalue weighted by atomic mass is 16.7. The Labute approximate surface area is 383 Å². The van der Waals surface area contributed by atoms with Crippen LogP contribution in [0.1, 0.15) is 210 Å².